The van der Waals surface area contributed by atoms with Gasteiger partial charge in [0.05, 0.1) is 29.8 Å². The molecule has 1 aliphatic rings. The fourth-order valence-corrected chi connectivity index (χ4v) is 2.89. The van der Waals surface area contributed by atoms with Gasteiger partial charge < -0.3 is 14.6 Å². The maximum Gasteiger partial charge on any atom is 0.417 e. The average Bonchev–Trinajstić information content (AvgIpc) is 2.54. The summed E-state index contributed by atoms with van der Waals surface area (Å²) >= 11 is 0. The summed E-state index contributed by atoms with van der Waals surface area (Å²) in [5.41, 5.74) is -2.05. The lowest BCUT2D eigenvalue weighted by molar-refractivity contribution is -0.149. The highest BCUT2D eigenvalue weighted by molar-refractivity contribution is 5.89. The Kier molecular flexibility index (Phi) is 5.92. The molecule has 0 bridgehead atoms. The van der Waals surface area contributed by atoms with Crippen molar-refractivity contribution in [2.45, 2.75) is 44.9 Å². The van der Waals surface area contributed by atoms with Gasteiger partial charge in [-0.25, -0.2) is 4.79 Å². The predicted octanol–water partition coefficient (Wildman–Crippen LogP) is 3.90. The Hall–Kier alpha value is -2.25. The number of carboxylic acid groups (broad SMARTS) is 1. The van der Waals surface area contributed by atoms with Crippen molar-refractivity contribution in [2.75, 3.05) is 6.61 Å². The topological polar surface area (TPSA) is 72.8 Å². The van der Waals surface area contributed by atoms with Crippen LogP contribution in [-0.2, 0) is 15.7 Å². The number of benzene rings is 1. The van der Waals surface area contributed by atoms with Crippen molar-refractivity contribution in [1.82, 2.24) is 0 Å². The zero-order valence-electron chi connectivity index (χ0n) is 13.6. The monoisotopic (exact) mass is 360 g/mol. The molecule has 1 aliphatic carbocycles. The minimum Gasteiger partial charge on any atom is -0.490 e. The molecule has 0 unspecified atom stereocenters. The first-order valence-electron chi connectivity index (χ1n) is 8.00. The third kappa shape index (κ3) is 4.87. The van der Waals surface area contributed by atoms with Crippen molar-refractivity contribution in [3.8, 4) is 5.75 Å². The van der Waals surface area contributed by atoms with Gasteiger partial charge >= 0.3 is 18.1 Å². The van der Waals surface area contributed by atoms with Gasteiger partial charge in [-0.15, -0.1) is 0 Å². The molecule has 0 aliphatic heterocycles. The summed E-state index contributed by atoms with van der Waals surface area (Å²) in [5.74, 6) is -2.14. The number of hydrogen-bond acceptors (Lipinski definition) is 4. The van der Waals surface area contributed by atoms with Crippen molar-refractivity contribution >= 4 is 11.9 Å². The first kappa shape index (κ1) is 19.1. The Labute approximate surface area is 142 Å². The Morgan fingerprint density at radius 3 is 2.36 bits per heavy atom. The van der Waals surface area contributed by atoms with Crippen LogP contribution in [0, 0.1) is 5.92 Å². The van der Waals surface area contributed by atoms with Crippen LogP contribution in [0.15, 0.2) is 18.2 Å². The molecule has 138 valence electrons. The molecule has 1 aromatic carbocycles. The molecule has 0 saturated heterocycles. The maximum absolute atomic E-state index is 13.0. The highest BCUT2D eigenvalue weighted by Crippen LogP contribution is 2.36. The fraction of sp³-hybridized carbons (Fsp3) is 0.529. The van der Waals surface area contributed by atoms with Gasteiger partial charge in [0.1, 0.15) is 5.75 Å². The summed E-state index contributed by atoms with van der Waals surface area (Å²) in [6.07, 6.45) is -2.97. The number of hydrogen-bond donors (Lipinski definition) is 1. The molecule has 0 spiro atoms. The molecule has 0 amide bonds. The van der Waals surface area contributed by atoms with Crippen molar-refractivity contribution < 1.29 is 37.3 Å². The molecule has 1 fully saturated rings. The minimum atomic E-state index is -4.78. The van der Waals surface area contributed by atoms with Crippen LogP contribution in [0.2, 0.25) is 0 Å². The Morgan fingerprint density at radius 2 is 1.84 bits per heavy atom. The number of halogens is 3. The van der Waals surface area contributed by atoms with Gasteiger partial charge in [0, 0.05) is 0 Å². The van der Waals surface area contributed by atoms with Gasteiger partial charge in [-0.2, -0.15) is 13.2 Å². The number of carbonyl (C=O) groups is 2. The lowest BCUT2D eigenvalue weighted by Crippen LogP contribution is -2.29. The smallest absolute Gasteiger partial charge is 0.417 e. The van der Waals surface area contributed by atoms with Crippen molar-refractivity contribution in [2.24, 2.45) is 5.92 Å². The number of carbonyl (C=O) groups excluding carboxylic acids is 1. The van der Waals surface area contributed by atoms with Gasteiger partial charge in [-0.05, 0) is 50.8 Å². The second-order valence-electron chi connectivity index (χ2n) is 5.85. The van der Waals surface area contributed by atoms with E-state index in [-0.39, 0.29) is 23.7 Å². The maximum atomic E-state index is 13.0. The Morgan fingerprint density at radius 1 is 1.20 bits per heavy atom. The van der Waals surface area contributed by atoms with Gasteiger partial charge in [-0.3, -0.25) is 4.79 Å². The molecule has 2 rings (SSSR count). The largest absolute Gasteiger partial charge is 0.490 e. The highest BCUT2D eigenvalue weighted by atomic mass is 19.4. The van der Waals surface area contributed by atoms with E-state index in [2.05, 4.69) is 0 Å². The third-order valence-corrected chi connectivity index (χ3v) is 4.12. The van der Waals surface area contributed by atoms with Gasteiger partial charge in [0.15, 0.2) is 0 Å². The van der Waals surface area contributed by atoms with Gasteiger partial charge in [0.2, 0.25) is 0 Å². The van der Waals surface area contributed by atoms with Crippen molar-refractivity contribution in [3.63, 3.8) is 0 Å². The number of alkyl halides is 3. The Bertz CT molecular complexity index is 634. The molecular weight excluding hydrogens is 341 g/mol. The highest BCUT2D eigenvalue weighted by Gasteiger charge is 2.36. The predicted molar refractivity (Wildman–Crippen MR) is 81.4 cm³/mol. The zero-order valence-corrected chi connectivity index (χ0v) is 13.6. The fourth-order valence-electron chi connectivity index (χ4n) is 2.89. The van der Waals surface area contributed by atoms with Crippen molar-refractivity contribution in [1.29, 1.82) is 0 Å². The van der Waals surface area contributed by atoms with E-state index in [0.717, 1.165) is 6.07 Å². The van der Waals surface area contributed by atoms with E-state index in [4.69, 9.17) is 14.6 Å². The lowest BCUT2D eigenvalue weighted by atomic mass is 9.87. The average molecular weight is 360 g/mol. The number of esters is 1. The van der Waals surface area contributed by atoms with E-state index in [9.17, 15) is 22.8 Å². The van der Waals surface area contributed by atoms with Gasteiger partial charge in [0.25, 0.3) is 0 Å². The van der Waals surface area contributed by atoms with Crippen LogP contribution in [0.4, 0.5) is 13.2 Å². The summed E-state index contributed by atoms with van der Waals surface area (Å²) in [6, 6.07) is 2.82. The molecule has 0 heterocycles. The number of carboxylic acids is 1. The van der Waals surface area contributed by atoms with Crippen LogP contribution in [0.25, 0.3) is 0 Å². The number of rotatable bonds is 5. The molecule has 0 radical (unpaired) electrons. The van der Waals surface area contributed by atoms with Crippen LogP contribution >= 0.6 is 0 Å². The molecule has 1 saturated carbocycles. The van der Waals surface area contributed by atoms with Crippen LogP contribution < -0.4 is 4.74 Å². The summed E-state index contributed by atoms with van der Waals surface area (Å²) in [4.78, 5) is 22.6. The standard InChI is InChI=1S/C17H19F3O5/c1-2-24-16(23)10-3-5-11(6-4-10)25-12-7-8-13(15(21)22)14(9-12)17(18,19)20/h7-11H,2-6H2,1H3,(H,21,22)/t10-,11+. The summed E-state index contributed by atoms with van der Waals surface area (Å²) in [7, 11) is 0. The lowest BCUT2D eigenvalue weighted by Gasteiger charge is -2.28. The summed E-state index contributed by atoms with van der Waals surface area (Å²) in [6.45, 7) is 2.04. The van der Waals surface area contributed by atoms with E-state index in [1.54, 1.807) is 6.92 Å². The summed E-state index contributed by atoms with van der Waals surface area (Å²) < 4.78 is 49.6. The van der Waals surface area contributed by atoms with Crippen LogP contribution in [0.3, 0.4) is 0 Å². The van der Waals surface area contributed by atoms with Crippen LogP contribution in [0.5, 0.6) is 5.75 Å². The van der Waals surface area contributed by atoms with E-state index in [1.807, 2.05) is 0 Å². The molecule has 1 aromatic rings. The molecular formula is C17H19F3O5. The molecule has 0 atom stereocenters. The molecule has 0 aromatic heterocycles. The quantitative estimate of drug-likeness (QED) is 0.806. The minimum absolute atomic E-state index is 0.0306. The van der Waals surface area contributed by atoms with Crippen molar-refractivity contribution in [3.05, 3.63) is 29.3 Å². The Balaban J connectivity index is 2.04. The molecule has 1 N–H and O–H groups in total. The third-order valence-electron chi connectivity index (χ3n) is 4.12. The molecule has 8 heteroatoms. The van der Waals surface area contributed by atoms with E-state index in [1.165, 1.54) is 6.07 Å². The first-order valence-corrected chi connectivity index (χ1v) is 8.00. The SMILES string of the molecule is CCOC(=O)[C@H]1CC[C@@H](Oc2ccc(C(=O)O)c(C(F)(F)F)c2)CC1. The first-order chi connectivity index (χ1) is 11.7. The zero-order chi connectivity index (χ0) is 18.6. The molecule has 25 heavy (non-hydrogen) atoms. The van der Waals surface area contributed by atoms with E-state index >= 15 is 0 Å². The van der Waals surface area contributed by atoms with Crippen LogP contribution in [0.1, 0.15) is 48.5 Å². The number of aromatic carboxylic acids is 1. The van der Waals surface area contributed by atoms with E-state index < -0.39 is 23.3 Å². The van der Waals surface area contributed by atoms with Gasteiger partial charge in [-0.1, -0.05) is 0 Å². The molecule has 5 nitrogen and oxygen atoms in total. The normalized spacial score (nSPS) is 20.8. The van der Waals surface area contributed by atoms with Crippen LogP contribution in [-0.4, -0.2) is 29.8 Å². The summed E-state index contributed by atoms with van der Waals surface area (Å²) in [5, 5.41) is 8.88. The second kappa shape index (κ2) is 7.76. The number of ether oxygens (including phenoxy) is 2. The van der Waals surface area contributed by atoms with E-state index in [0.29, 0.717) is 38.4 Å². The second-order valence-corrected chi connectivity index (χ2v) is 5.85.